The van der Waals surface area contributed by atoms with Crippen molar-refractivity contribution in [3.05, 3.63) is 93.8 Å². The van der Waals surface area contributed by atoms with Gasteiger partial charge in [0.05, 0.1) is 19.8 Å². The van der Waals surface area contributed by atoms with Crippen LogP contribution in [-0.2, 0) is 22.7 Å². The van der Waals surface area contributed by atoms with E-state index in [-0.39, 0.29) is 24.5 Å². The van der Waals surface area contributed by atoms with Gasteiger partial charge in [-0.1, -0.05) is 42.8 Å². The maximum atomic E-state index is 14.1. The van der Waals surface area contributed by atoms with Crippen LogP contribution in [0.2, 0.25) is 5.02 Å². The normalized spacial score (nSPS) is 14.3. The summed E-state index contributed by atoms with van der Waals surface area (Å²) in [6, 6.07) is 15.1. The lowest BCUT2D eigenvalue weighted by atomic mass is 10.1. The summed E-state index contributed by atoms with van der Waals surface area (Å²) < 4.78 is 31.3. The van der Waals surface area contributed by atoms with Crippen LogP contribution in [0.1, 0.15) is 37.0 Å². The van der Waals surface area contributed by atoms with E-state index in [2.05, 4.69) is 5.32 Å². The molecule has 3 aromatic carbocycles. The van der Waals surface area contributed by atoms with Gasteiger partial charge < -0.3 is 14.2 Å². The highest BCUT2D eigenvalue weighted by Gasteiger charge is 2.36. The first kappa shape index (κ1) is 28.6. The number of benzene rings is 3. The lowest BCUT2D eigenvalue weighted by molar-refractivity contribution is -0.130. The van der Waals surface area contributed by atoms with Crippen molar-refractivity contribution in [2.45, 2.75) is 33.4 Å². The fraction of sp³-hybridized carbons (Fsp3) is 0.233. The zero-order valence-electron chi connectivity index (χ0n) is 22.0. The van der Waals surface area contributed by atoms with Crippen LogP contribution in [0.5, 0.6) is 17.2 Å². The molecular weight excluding hydrogens is 539 g/mol. The predicted molar refractivity (Wildman–Crippen MR) is 148 cm³/mol. The second-order valence-electron chi connectivity index (χ2n) is 8.83. The topological polar surface area (TPSA) is 94.2 Å². The second kappa shape index (κ2) is 13.1. The van der Waals surface area contributed by atoms with Crippen molar-refractivity contribution in [2.75, 3.05) is 13.2 Å². The number of nitrogens with zero attached hydrogens (tertiary/aromatic N) is 1. The van der Waals surface area contributed by atoms with Gasteiger partial charge in [0.25, 0.3) is 11.8 Å². The van der Waals surface area contributed by atoms with Crippen LogP contribution < -0.4 is 19.5 Å². The van der Waals surface area contributed by atoms with Crippen LogP contribution in [0, 0.1) is 5.82 Å². The molecule has 0 atom stereocenters. The van der Waals surface area contributed by atoms with Gasteiger partial charge in [0.15, 0.2) is 11.5 Å². The van der Waals surface area contributed by atoms with E-state index in [1.54, 1.807) is 48.5 Å². The average Bonchev–Trinajstić information content (AvgIpc) is 2.93. The van der Waals surface area contributed by atoms with Crippen molar-refractivity contribution in [3.8, 4) is 17.2 Å². The molecular formula is C30H28ClFN2O6. The fourth-order valence-corrected chi connectivity index (χ4v) is 4.14. The molecule has 1 aliphatic rings. The summed E-state index contributed by atoms with van der Waals surface area (Å²) in [7, 11) is 0. The lowest BCUT2D eigenvalue weighted by Crippen LogP contribution is -2.53. The zero-order valence-corrected chi connectivity index (χ0v) is 22.8. The molecule has 4 rings (SSSR count). The molecule has 0 aliphatic carbocycles. The predicted octanol–water partition coefficient (Wildman–Crippen LogP) is 5.91. The molecule has 0 spiro atoms. The second-order valence-corrected chi connectivity index (χ2v) is 9.27. The number of hydrogen-bond donors (Lipinski definition) is 1. The van der Waals surface area contributed by atoms with Gasteiger partial charge in [-0.3, -0.25) is 19.8 Å². The van der Waals surface area contributed by atoms with Gasteiger partial charge in [-0.2, -0.15) is 0 Å². The third-order valence-corrected chi connectivity index (χ3v) is 6.14. The van der Waals surface area contributed by atoms with Crippen molar-refractivity contribution < 1.29 is 33.0 Å². The van der Waals surface area contributed by atoms with Gasteiger partial charge in [0.1, 0.15) is 23.7 Å². The van der Waals surface area contributed by atoms with E-state index in [1.165, 1.54) is 18.2 Å². The number of halogens is 2. The number of ether oxygens (including phenoxy) is 3. The summed E-state index contributed by atoms with van der Waals surface area (Å²) in [5.41, 5.74) is 0.955. The summed E-state index contributed by atoms with van der Waals surface area (Å²) >= 11 is 6.18. The van der Waals surface area contributed by atoms with Crippen LogP contribution in [0.3, 0.4) is 0 Å². The molecule has 1 N–H and O–H groups in total. The summed E-state index contributed by atoms with van der Waals surface area (Å²) in [4.78, 5) is 39.7. The molecule has 40 heavy (non-hydrogen) atoms. The number of amides is 4. The van der Waals surface area contributed by atoms with Gasteiger partial charge in [-0.25, -0.2) is 9.18 Å². The molecule has 8 nitrogen and oxygen atoms in total. The number of carbonyl (C=O) groups excluding carboxylic acids is 3. The fourth-order valence-electron chi connectivity index (χ4n) is 3.96. The summed E-state index contributed by atoms with van der Waals surface area (Å²) in [6.07, 6.45) is 2.12. The monoisotopic (exact) mass is 566 g/mol. The summed E-state index contributed by atoms with van der Waals surface area (Å²) in [6.45, 7) is 4.54. The van der Waals surface area contributed by atoms with E-state index in [0.29, 0.717) is 46.4 Å². The Bertz CT molecular complexity index is 1460. The molecule has 0 radical (unpaired) electrons. The maximum Gasteiger partial charge on any atom is 0.331 e. The lowest BCUT2D eigenvalue weighted by Gasteiger charge is -2.27. The standard InChI is InChI=1S/C30H28ClFN2O6/c1-3-13-39-26-11-9-19(14-27(26)38-4-2)17-34-29(36)23(28(35)33-30(34)37)16-21-15-22(31)10-12-25(21)40-18-20-7-5-6-8-24(20)32/h5-12,14-16H,3-4,13,17-18H2,1-2H3,(H,33,35,37)/b23-16+. The molecule has 0 saturated carbocycles. The minimum Gasteiger partial charge on any atom is -0.490 e. The Morgan fingerprint density at radius 2 is 1.70 bits per heavy atom. The van der Waals surface area contributed by atoms with E-state index in [0.717, 1.165) is 11.3 Å². The SMILES string of the molecule is CCCOc1ccc(CN2C(=O)NC(=O)/C(=C\c3cc(Cl)ccc3OCc3ccccc3F)C2=O)cc1OCC. The molecule has 4 amide bonds. The van der Waals surface area contributed by atoms with Crippen LogP contribution >= 0.6 is 11.6 Å². The first-order valence-corrected chi connectivity index (χ1v) is 13.1. The van der Waals surface area contributed by atoms with Gasteiger partial charge in [-0.15, -0.1) is 0 Å². The van der Waals surface area contributed by atoms with Gasteiger partial charge >= 0.3 is 6.03 Å². The minimum absolute atomic E-state index is 0.0879. The molecule has 0 aromatic heterocycles. The number of rotatable bonds is 11. The first-order valence-electron chi connectivity index (χ1n) is 12.7. The molecule has 1 aliphatic heterocycles. The molecule has 1 heterocycles. The van der Waals surface area contributed by atoms with E-state index in [9.17, 15) is 18.8 Å². The number of hydrogen-bond acceptors (Lipinski definition) is 6. The molecule has 208 valence electrons. The van der Waals surface area contributed by atoms with Crippen molar-refractivity contribution in [3.63, 3.8) is 0 Å². The average molecular weight is 567 g/mol. The number of imide groups is 2. The van der Waals surface area contributed by atoms with Crippen molar-refractivity contribution in [2.24, 2.45) is 0 Å². The van der Waals surface area contributed by atoms with Crippen LogP contribution in [0.15, 0.2) is 66.2 Å². The molecule has 3 aromatic rings. The van der Waals surface area contributed by atoms with E-state index >= 15 is 0 Å². The summed E-state index contributed by atoms with van der Waals surface area (Å²) in [5, 5.41) is 2.54. The Labute approximate surface area is 236 Å². The molecule has 0 unspecified atom stereocenters. The number of barbiturate groups is 1. The minimum atomic E-state index is -0.857. The molecule has 1 fully saturated rings. The highest BCUT2D eigenvalue weighted by molar-refractivity contribution is 6.32. The third-order valence-electron chi connectivity index (χ3n) is 5.91. The van der Waals surface area contributed by atoms with E-state index < -0.39 is 23.7 Å². The Morgan fingerprint density at radius 1 is 0.925 bits per heavy atom. The third kappa shape index (κ3) is 6.79. The highest BCUT2D eigenvalue weighted by Crippen LogP contribution is 2.31. The molecule has 0 bridgehead atoms. The first-order chi connectivity index (χ1) is 19.3. The van der Waals surface area contributed by atoms with E-state index in [4.69, 9.17) is 25.8 Å². The van der Waals surface area contributed by atoms with Gasteiger partial charge in [0.2, 0.25) is 0 Å². The van der Waals surface area contributed by atoms with Crippen molar-refractivity contribution in [1.29, 1.82) is 0 Å². The smallest absolute Gasteiger partial charge is 0.331 e. The number of urea groups is 1. The van der Waals surface area contributed by atoms with Crippen LogP contribution in [-0.4, -0.2) is 36.0 Å². The largest absolute Gasteiger partial charge is 0.490 e. The molecule has 1 saturated heterocycles. The quantitative estimate of drug-likeness (QED) is 0.229. The van der Waals surface area contributed by atoms with Gasteiger partial charge in [0, 0.05) is 16.1 Å². The number of carbonyl (C=O) groups is 3. The Hall–Kier alpha value is -4.37. The Balaban J connectivity index is 1.60. The summed E-state index contributed by atoms with van der Waals surface area (Å²) in [5.74, 6) is -0.761. The van der Waals surface area contributed by atoms with Gasteiger partial charge in [-0.05, 0) is 61.4 Å². The maximum absolute atomic E-state index is 14.1. The highest BCUT2D eigenvalue weighted by atomic mass is 35.5. The zero-order chi connectivity index (χ0) is 28.6. The van der Waals surface area contributed by atoms with Crippen LogP contribution in [0.4, 0.5) is 9.18 Å². The van der Waals surface area contributed by atoms with E-state index in [1.807, 2.05) is 13.8 Å². The van der Waals surface area contributed by atoms with Crippen molar-refractivity contribution in [1.82, 2.24) is 10.2 Å². The molecule has 10 heteroatoms. The van der Waals surface area contributed by atoms with Crippen LogP contribution in [0.25, 0.3) is 6.08 Å². The van der Waals surface area contributed by atoms with Crippen molar-refractivity contribution >= 4 is 35.5 Å². The Kier molecular flexibility index (Phi) is 9.39. The Morgan fingerprint density at radius 3 is 2.45 bits per heavy atom. The number of nitrogens with one attached hydrogen (secondary N) is 1.